The molecule has 0 aromatic rings. The van der Waals surface area contributed by atoms with Crippen LogP contribution in [-0.2, 0) is 0 Å². The molecule has 0 aliphatic carbocycles. The first-order valence-electron chi connectivity index (χ1n) is 1.59. The van der Waals surface area contributed by atoms with Crippen LogP contribution < -0.4 is 0 Å². The molecule has 0 aliphatic heterocycles. The lowest BCUT2D eigenvalue weighted by atomic mass is 10.5. The van der Waals surface area contributed by atoms with Gasteiger partial charge >= 0.3 is 0 Å². The number of oxime groups is 1. The molecule has 0 unspecified atom stereocenters. The summed E-state index contributed by atoms with van der Waals surface area (Å²) in [5.74, 6) is 0. The standard InChI is InChI=1S/C3H7NO2/c1-3(2-5)4-6/h5-6H,2H2,1H3/b4-3-. The minimum Gasteiger partial charge on any atom is -0.411 e. The third-order valence-electron chi connectivity index (χ3n) is 0.400. The molecular weight excluding hydrogens is 82.0 g/mol. The Labute approximate surface area is 35.9 Å². The summed E-state index contributed by atoms with van der Waals surface area (Å²) in [7, 11) is 0. The van der Waals surface area contributed by atoms with Crippen molar-refractivity contribution in [2.24, 2.45) is 5.16 Å². The van der Waals surface area contributed by atoms with Crippen molar-refractivity contribution in [2.45, 2.75) is 6.92 Å². The monoisotopic (exact) mass is 89.0 g/mol. The van der Waals surface area contributed by atoms with Gasteiger partial charge in [0.2, 0.25) is 0 Å². The summed E-state index contributed by atoms with van der Waals surface area (Å²) in [4.78, 5) is 0. The highest BCUT2D eigenvalue weighted by Gasteiger charge is 1.79. The van der Waals surface area contributed by atoms with Crippen molar-refractivity contribution in [1.29, 1.82) is 0 Å². The van der Waals surface area contributed by atoms with Crippen LogP contribution in [0.4, 0.5) is 0 Å². The molecule has 0 bridgehead atoms. The number of rotatable bonds is 1. The first-order chi connectivity index (χ1) is 2.81. The first kappa shape index (κ1) is 5.43. The number of aliphatic hydroxyl groups is 1. The number of hydrogen-bond acceptors (Lipinski definition) is 3. The van der Waals surface area contributed by atoms with Gasteiger partial charge in [-0.3, -0.25) is 0 Å². The van der Waals surface area contributed by atoms with Crippen molar-refractivity contribution in [3.05, 3.63) is 0 Å². The van der Waals surface area contributed by atoms with Crippen LogP contribution in [-0.4, -0.2) is 22.6 Å². The predicted molar refractivity (Wildman–Crippen MR) is 22.0 cm³/mol. The van der Waals surface area contributed by atoms with Crippen molar-refractivity contribution >= 4 is 5.71 Å². The highest BCUT2D eigenvalue weighted by Crippen LogP contribution is 1.66. The zero-order valence-corrected chi connectivity index (χ0v) is 3.55. The smallest absolute Gasteiger partial charge is 0.0844 e. The predicted octanol–water partition coefficient (Wildman–Crippen LogP) is -0.171. The normalized spacial score (nSPS) is 12.0. The fourth-order valence-electron chi connectivity index (χ4n) is 0.0316. The van der Waals surface area contributed by atoms with Gasteiger partial charge in [-0.05, 0) is 6.92 Å². The summed E-state index contributed by atoms with van der Waals surface area (Å²) in [6.07, 6.45) is 0. The van der Waals surface area contributed by atoms with Crippen molar-refractivity contribution in [1.82, 2.24) is 0 Å². The van der Waals surface area contributed by atoms with Gasteiger partial charge in [0.05, 0.1) is 12.3 Å². The van der Waals surface area contributed by atoms with E-state index in [4.69, 9.17) is 10.3 Å². The Hall–Kier alpha value is -0.570. The van der Waals surface area contributed by atoms with Crippen LogP contribution in [0.5, 0.6) is 0 Å². The van der Waals surface area contributed by atoms with Gasteiger partial charge in [0.15, 0.2) is 0 Å². The molecule has 0 aliphatic rings. The molecule has 0 aromatic heterocycles. The molecule has 0 heterocycles. The maximum atomic E-state index is 8.04. The maximum absolute atomic E-state index is 8.04. The number of hydrogen-bond donors (Lipinski definition) is 2. The molecule has 6 heavy (non-hydrogen) atoms. The Bertz CT molecular complexity index is 59.8. The lowest BCUT2D eigenvalue weighted by Crippen LogP contribution is -1.95. The Balaban J connectivity index is 3.22. The van der Waals surface area contributed by atoms with Gasteiger partial charge in [0, 0.05) is 0 Å². The van der Waals surface area contributed by atoms with E-state index in [-0.39, 0.29) is 6.61 Å². The molecular formula is C3H7NO2. The van der Waals surface area contributed by atoms with Crippen LogP contribution in [0.2, 0.25) is 0 Å². The Kier molecular flexibility index (Phi) is 2.40. The summed E-state index contributed by atoms with van der Waals surface area (Å²) in [6, 6.07) is 0. The van der Waals surface area contributed by atoms with Gasteiger partial charge in [-0.1, -0.05) is 5.16 Å². The SMILES string of the molecule is C/C(CO)=N/O. The molecule has 0 atom stereocenters. The van der Waals surface area contributed by atoms with Gasteiger partial charge in [-0.2, -0.15) is 0 Å². The van der Waals surface area contributed by atoms with Gasteiger partial charge in [0.1, 0.15) is 0 Å². The minimum atomic E-state index is -0.170. The third-order valence-corrected chi connectivity index (χ3v) is 0.400. The molecule has 0 rings (SSSR count). The average molecular weight is 89.1 g/mol. The number of aliphatic hydroxyl groups excluding tert-OH is 1. The zero-order valence-electron chi connectivity index (χ0n) is 3.55. The highest BCUT2D eigenvalue weighted by molar-refractivity contribution is 5.82. The second-order valence-corrected chi connectivity index (χ2v) is 0.993. The molecule has 0 saturated heterocycles. The van der Waals surface area contributed by atoms with E-state index in [1.54, 1.807) is 0 Å². The van der Waals surface area contributed by atoms with Crippen LogP contribution in [0.1, 0.15) is 6.92 Å². The fraction of sp³-hybridized carbons (Fsp3) is 0.667. The Morgan fingerprint density at radius 3 is 2.33 bits per heavy atom. The zero-order chi connectivity index (χ0) is 4.99. The van der Waals surface area contributed by atoms with Crippen LogP contribution in [0.25, 0.3) is 0 Å². The molecule has 2 N–H and O–H groups in total. The van der Waals surface area contributed by atoms with Crippen molar-refractivity contribution in [3.8, 4) is 0 Å². The fourth-order valence-corrected chi connectivity index (χ4v) is 0.0316. The van der Waals surface area contributed by atoms with Gasteiger partial charge in [-0.15, -0.1) is 0 Å². The summed E-state index contributed by atoms with van der Waals surface area (Å²) in [6.45, 7) is 1.36. The van der Waals surface area contributed by atoms with Gasteiger partial charge in [0.25, 0.3) is 0 Å². The summed E-state index contributed by atoms with van der Waals surface area (Å²) >= 11 is 0. The largest absolute Gasteiger partial charge is 0.411 e. The van der Waals surface area contributed by atoms with Gasteiger partial charge < -0.3 is 10.3 Å². The average Bonchev–Trinajstić information content (AvgIpc) is 1.65. The quantitative estimate of drug-likeness (QED) is 0.266. The molecule has 0 aromatic carbocycles. The maximum Gasteiger partial charge on any atom is 0.0844 e. The molecule has 0 fully saturated rings. The van der Waals surface area contributed by atoms with Crippen LogP contribution in [0.15, 0.2) is 5.16 Å². The van der Waals surface area contributed by atoms with Crippen molar-refractivity contribution in [3.63, 3.8) is 0 Å². The Morgan fingerprint density at radius 1 is 1.83 bits per heavy atom. The van der Waals surface area contributed by atoms with E-state index >= 15 is 0 Å². The number of nitrogens with zero attached hydrogens (tertiary/aromatic N) is 1. The second kappa shape index (κ2) is 2.66. The molecule has 36 valence electrons. The summed E-state index contributed by atoms with van der Waals surface area (Å²) in [5.41, 5.74) is 0.329. The molecule has 0 saturated carbocycles. The van der Waals surface area contributed by atoms with Crippen LogP contribution in [0.3, 0.4) is 0 Å². The summed E-state index contributed by atoms with van der Waals surface area (Å²) in [5, 5.41) is 18.5. The van der Waals surface area contributed by atoms with E-state index in [1.807, 2.05) is 0 Å². The topological polar surface area (TPSA) is 52.8 Å². The van der Waals surface area contributed by atoms with E-state index in [1.165, 1.54) is 6.92 Å². The van der Waals surface area contributed by atoms with Crippen LogP contribution >= 0.6 is 0 Å². The van der Waals surface area contributed by atoms with E-state index in [0.717, 1.165) is 0 Å². The molecule has 3 nitrogen and oxygen atoms in total. The first-order valence-corrected chi connectivity index (χ1v) is 1.59. The Morgan fingerprint density at radius 2 is 2.33 bits per heavy atom. The molecule has 3 heteroatoms. The summed E-state index contributed by atoms with van der Waals surface area (Å²) < 4.78 is 0. The molecule has 0 spiro atoms. The lowest BCUT2D eigenvalue weighted by molar-refractivity contribution is 0.302. The lowest BCUT2D eigenvalue weighted by Gasteiger charge is -1.81. The second-order valence-electron chi connectivity index (χ2n) is 0.993. The minimum absolute atomic E-state index is 0.170. The van der Waals surface area contributed by atoms with E-state index in [2.05, 4.69) is 5.16 Å². The third kappa shape index (κ3) is 1.72. The van der Waals surface area contributed by atoms with E-state index in [9.17, 15) is 0 Å². The van der Waals surface area contributed by atoms with Crippen LogP contribution in [0, 0.1) is 0 Å². The highest BCUT2D eigenvalue weighted by atomic mass is 16.4. The van der Waals surface area contributed by atoms with E-state index < -0.39 is 0 Å². The molecule has 0 radical (unpaired) electrons. The van der Waals surface area contributed by atoms with Crippen molar-refractivity contribution < 1.29 is 10.3 Å². The molecule has 0 amide bonds. The van der Waals surface area contributed by atoms with Crippen molar-refractivity contribution in [2.75, 3.05) is 6.61 Å². The van der Waals surface area contributed by atoms with E-state index in [0.29, 0.717) is 5.71 Å². The van der Waals surface area contributed by atoms with Gasteiger partial charge in [-0.25, -0.2) is 0 Å².